The van der Waals surface area contributed by atoms with Gasteiger partial charge in [-0.1, -0.05) is 30.3 Å². The number of ether oxygens (including phenoxy) is 2. The maximum Gasteiger partial charge on any atom is 0.289 e. The van der Waals surface area contributed by atoms with Crippen molar-refractivity contribution in [3.05, 3.63) is 78.0 Å². The van der Waals surface area contributed by atoms with E-state index in [4.69, 9.17) is 9.47 Å². The van der Waals surface area contributed by atoms with Crippen molar-refractivity contribution < 1.29 is 14.3 Å². The molecule has 0 spiro atoms. The van der Waals surface area contributed by atoms with Crippen LogP contribution in [0.1, 0.15) is 16.1 Å². The average Bonchev–Trinajstić information content (AvgIpc) is 3.29. The summed E-state index contributed by atoms with van der Waals surface area (Å²) < 4.78 is 10.6. The standard InChI is InChI=1S/C23H20N4O3/c1-29-17-10-7-16(8-11-17)20-13-21(26-25-20)23(28)27-24-14-19-18-6-4-3-5-15(18)9-12-22(19)30-2/h3-14H,1-2H3,(H,25,26)(H,27,28)/b24-14+. The minimum atomic E-state index is -0.391. The third kappa shape index (κ3) is 3.86. The van der Waals surface area contributed by atoms with Gasteiger partial charge in [0.25, 0.3) is 5.91 Å². The van der Waals surface area contributed by atoms with Crippen LogP contribution in [0.5, 0.6) is 11.5 Å². The molecule has 0 saturated carbocycles. The summed E-state index contributed by atoms with van der Waals surface area (Å²) in [5.41, 5.74) is 5.16. The summed E-state index contributed by atoms with van der Waals surface area (Å²) in [7, 11) is 3.21. The fourth-order valence-electron chi connectivity index (χ4n) is 3.15. The molecule has 1 heterocycles. The van der Waals surface area contributed by atoms with Gasteiger partial charge in [-0.2, -0.15) is 10.2 Å². The number of nitrogens with one attached hydrogen (secondary N) is 2. The molecule has 7 nitrogen and oxygen atoms in total. The molecule has 0 radical (unpaired) electrons. The summed E-state index contributed by atoms with van der Waals surface area (Å²) in [6.45, 7) is 0. The third-order valence-electron chi connectivity index (χ3n) is 4.72. The van der Waals surface area contributed by atoms with Gasteiger partial charge in [-0.15, -0.1) is 0 Å². The second kappa shape index (κ2) is 8.48. The number of benzene rings is 3. The van der Waals surface area contributed by atoms with Crippen molar-refractivity contribution in [3.8, 4) is 22.8 Å². The first-order valence-electron chi connectivity index (χ1n) is 9.28. The molecule has 0 aliphatic carbocycles. The number of carbonyl (C=O) groups is 1. The third-order valence-corrected chi connectivity index (χ3v) is 4.72. The van der Waals surface area contributed by atoms with Gasteiger partial charge in [-0.05, 0) is 47.2 Å². The number of carbonyl (C=O) groups excluding carboxylic acids is 1. The van der Waals surface area contributed by atoms with Crippen LogP contribution in [0.3, 0.4) is 0 Å². The lowest BCUT2D eigenvalue weighted by Gasteiger charge is -2.08. The van der Waals surface area contributed by atoms with Crippen molar-refractivity contribution in [3.63, 3.8) is 0 Å². The fraction of sp³-hybridized carbons (Fsp3) is 0.0870. The van der Waals surface area contributed by atoms with E-state index in [1.165, 1.54) is 0 Å². The number of hydrogen-bond acceptors (Lipinski definition) is 5. The molecule has 0 aliphatic rings. The molecule has 0 fully saturated rings. The summed E-state index contributed by atoms with van der Waals surface area (Å²) in [6.07, 6.45) is 1.58. The van der Waals surface area contributed by atoms with Crippen LogP contribution < -0.4 is 14.9 Å². The molecule has 1 aromatic heterocycles. The summed E-state index contributed by atoms with van der Waals surface area (Å²) >= 11 is 0. The van der Waals surface area contributed by atoms with E-state index in [-0.39, 0.29) is 0 Å². The van der Waals surface area contributed by atoms with Crippen LogP contribution >= 0.6 is 0 Å². The number of aromatic nitrogens is 2. The molecule has 0 aliphatic heterocycles. The second-order valence-electron chi connectivity index (χ2n) is 6.50. The maximum atomic E-state index is 12.5. The highest BCUT2D eigenvalue weighted by molar-refractivity contribution is 6.03. The molecular weight excluding hydrogens is 380 g/mol. The molecule has 0 unspecified atom stereocenters. The number of hydrazone groups is 1. The van der Waals surface area contributed by atoms with Crippen LogP contribution in [0, 0.1) is 0 Å². The van der Waals surface area contributed by atoms with Crippen LogP contribution in [0.15, 0.2) is 71.8 Å². The summed E-state index contributed by atoms with van der Waals surface area (Å²) in [5.74, 6) is 1.04. The van der Waals surface area contributed by atoms with Gasteiger partial charge >= 0.3 is 0 Å². The lowest BCUT2D eigenvalue weighted by Crippen LogP contribution is -2.18. The molecule has 150 valence electrons. The van der Waals surface area contributed by atoms with E-state index >= 15 is 0 Å². The average molecular weight is 400 g/mol. The van der Waals surface area contributed by atoms with Crippen molar-refractivity contribution >= 4 is 22.9 Å². The Kier molecular flexibility index (Phi) is 5.43. The highest BCUT2D eigenvalue weighted by Gasteiger charge is 2.11. The van der Waals surface area contributed by atoms with Gasteiger partial charge in [0.1, 0.15) is 17.2 Å². The quantitative estimate of drug-likeness (QED) is 0.378. The van der Waals surface area contributed by atoms with E-state index in [0.29, 0.717) is 17.1 Å². The molecule has 0 atom stereocenters. The Labute approximate surface area is 173 Å². The van der Waals surface area contributed by atoms with Crippen molar-refractivity contribution in [1.82, 2.24) is 15.6 Å². The lowest BCUT2D eigenvalue weighted by molar-refractivity contribution is 0.0950. The van der Waals surface area contributed by atoms with Gasteiger partial charge in [-0.25, -0.2) is 5.43 Å². The molecule has 0 bridgehead atoms. The zero-order chi connectivity index (χ0) is 20.9. The van der Waals surface area contributed by atoms with Gasteiger partial charge in [-0.3, -0.25) is 9.89 Å². The number of nitrogens with zero attached hydrogens (tertiary/aromatic N) is 2. The lowest BCUT2D eigenvalue weighted by atomic mass is 10.0. The molecular formula is C23H20N4O3. The summed E-state index contributed by atoms with van der Waals surface area (Å²) in [5, 5.41) is 13.1. The van der Waals surface area contributed by atoms with Crippen LogP contribution in [-0.2, 0) is 0 Å². The van der Waals surface area contributed by atoms with Crippen LogP contribution in [0.25, 0.3) is 22.0 Å². The van der Waals surface area contributed by atoms with Crippen LogP contribution in [0.2, 0.25) is 0 Å². The van der Waals surface area contributed by atoms with Gasteiger partial charge in [0, 0.05) is 11.1 Å². The van der Waals surface area contributed by atoms with E-state index in [9.17, 15) is 4.79 Å². The molecule has 30 heavy (non-hydrogen) atoms. The van der Waals surface area contributed by atoms with Crippen LogP contribution in [-0.4, -0.2) is 36.5 Å². The number of methoxy groups -OCH3 is 2. The minimum Gasteiger partial charge on any atom is -0.497 e. The monoisotopic (exact) mass is 400 g/mol. The first-order chi connectivity index (χ1) is 14.7. The fourth-order valence-corrected chi connectivity index (χ4v) is 3.15. The molecule has 4 rings (SSSR count). The van der Waals surface area contributed by atoms with Crippen molar-refractivity contribution in [2.45, 2.75) is 0 Å². The van der Waals surface area contributed by atoms with Crippen molar-refractivity contribution in [2.24, 2.45) is 5.10 Å². The first kappa shape index (κ1) is 19.2. The number of amides is 1. The summed E-state index contributed by atoms with van der Waals surface area (Å²) in [6, 6.07) is 20.9. The van der Waals surface area contributed by atoms with Gasteiger partial charge in [0.2, 0.25) is 0 Å². The SMILES string of the molecule is COc1ccc(-c2cc(C(=O)N/N=C/c3c(OC)ccc4ccccc34)[nH]n2)cc1. The van der Waals surface area contributed by atoms with E-state index in [1.807, 2.05) is 60.7 Å². The molecule has 1 amide bonds. The predicted octanol–water partition coefficient (Wildman–Crippen LogP) is 4.01. The Hall–Kier alpha value is -4.13. The first-order valence-corrected chi connectivity index (χ1v) is 9.28. The number of aromatic amines is 1. The largest absolute Gasteiger partial charge is 0.497 e. The maximum absolute atomic E-state index is 12.5. The molecule has 2 N–H and O–H groups in total. The molecule has 4 aromatic rings. The Bertz CT molecular complexity index is 1210. The van der Waals surface area contributed by atoms with E-state index in [1.54, 1.807) is 26.5 Å². The van der Waals surface area contributed by atoms with Crippen molar-refractivity contribution in [1.29, 1.82) is 0 Å². The Balaban J connectivity index is 1.51. The van der Waals surface area contributed by atoms with E-state index in [0.717, 1.165) is 27.6 Å². The highest BCUT2D eigenvalue weighted by Crippen LogP contribution is 2.26. The Morgan fingerprint density at radius 3 is 2.60 bits per heavy atom. The number of rotatable bonds is 6. The predicted molar refractivity (Wildman–Crippen MR) is 116 cm³/mol. The Morgan fingerprint density at radius 2 is 1.83 bits per heavy atom. The second-order valence-corrected chi connectivity index (χ2v) is 6.50. The van der Waals surface area contributed by atoms with Gasteiger partial charge < -0.3 is 9.47 Å². The van der Waals surface area contributed by atoms with Crippen molar-refractivity contribution in [2.75, 3.05) is 14.2 Å². The topological polar surface area (TPSA) is 88.6 Å². The van der Waals surface area contributed by atoms with Crippen LogP contribution in [0.4, 0.5) is 0 Å². The Morgan fingerprint density at radius 1 is 1.03 bits per heavy atom. The van der Waals surface area contributed by atoms with E-state index < -0.39 is 5.91 Å². The number of hydrogen-bond donors (Lipinski definition) is 2. The normalized spacial score (nSPS) is 11.0. The molecule has 3 aromatic carbocycles. The van der Waals surface area contributed by atoms with E-state index in [2.05, 4.69) is 20.7 Å². The zero-order valence-corrected chi connectivity index (χ0v) is 16.5. The molecule has 7 heteroatoms. The minimum absolute atomic E-state index is 0.308. The smallest absolute Gasteiger partial charge is 0.289 e. The zero-order valence-electron chi connectivity index (χ0n) is 16.5. The summed E-state index contributed by atoms with van der Waals surface area (Å²) in [4.78, 5) is 12.5. The van der Waals surface area contributed by atoms with Gasteiger partial charge in [0.15, 0.2) is 0 Å². The molecule has 0 saturated heterocycles. The van der Waals surface area contributed by atoms with Gasteiger partial charge in [0.05, 0.1) is 26.1 Å². The number of fused-ring (bicyclic) bond motifs is 1. The number of H-pyrrole nitrogens is 1. The highest BCUT2D eigenvalue weighted by atomic mass is 16.5.